The average Bonchev–Trinajstić information content (AvgIpc) is 3.47. The van der Waals surface area contributed by atoms with Crippen LogP contribution in [0.2, 0.25) is 0 Å². The molecule has 5 rings (SSSR count). The predicted molar refractivity (Wildman–Crippen MR) is 123 cm³/mol. The maximum absolute atomic E-state index is 12.4. The Balaban J connectivity index is 1.29. The first-order valence-electron chi connectivity index (χ1n) is 10.9. The van der Waals surface area contributed by atoms with Crippen LogP contribution in [0.5, 0.6) is 0 Å². The summed E-state index contributed by atoms with van der Waals surface area (Å²) in [4.78, 5) is 12.4. The molecule has 5 nitrogen and oxygen atoms in total. The highest BCUT2D eigenvalue weighted by molar-refractivity contribution is 5.87. The van der Waals surface area contributed by atoms with Gasteiger partial charge in [0.1, 0.15) is 17.5 Å². The van der Waals surface area contributed by atoms with E-state index in [1.54, 1.807) is 6.92 Å². The second kappa shape index (κ2) is 8.39. The van der Waals surface area contributed by atoms with Crippen LogP contribution in [-0.4, -0.2) is 11.2 Å². The van der Waals surface area contributed by atoms with Crippen molar-refractivity contribution in [1.82, 2.24) is 5.16 Å². The number of benzene rings is 2. The molecule has 0 saturated heterocycles. The van der Waals surface area contributed by atoms with Gasteiger partial charge in [0, 0.05) is 5.56 Å². The number of nitrogens with one attached hydrogen (secondary N) is 1. The fourth-order valence-corrected chi connectivity index (χ4v) is 4.05. The van der Waals surface area contributed by atoms with E-state index in [4.69, 9.17) is 9.26 Å². The van der Waals surface area contributed by atoms with E-state index in [0.717, 1.165) is 23.5 Å². The number of carbonyl (C=O) groups excluding carboxylic acids is 1. The molecule has 0 spiro atoms. The number of hydrogen-bond donors (Lipinski definition) is 1. The molecule has 0 bridgehead atoms. The van der Waals surface area contributed by atoms with Gasteiger partial charge in [-0.2, -0.15) is 0 Å². The highest BCUT2D eigenvalue weighted by Crippen LogP contribution is 2.45. The van der Waals surface area contributed by atoms with Crippen LogP contribution in [0.1, 0.15) is 59.6 Å². The summed E-state index contributed by atoms with van der Waals surface area (Å²) in [5, 5.41) is 6.69. The molecule has 5 heteroatoms. The van der Waals surface area contributed by atoms with E-state index in [1.165, 1.54) is 29.5 Å². The van der Waals surface area contributed by atoms with Crippen molar-refractivity contribution in [2.75, 3.05) is 5.32 Å². The summed E-state index contributed by atoms with van der Waals surface area (Å²) in [5.74, 6) is 7.22. The van der Waals surface area contributed by atoms with E-state index in [1.807, 2.05) is 43.3 Å². The summed E-state index contributed by atoms with van der Waals surface area (Å²) < 4.78 is 10.8. The molecule has 32 heavy (non-hydrogen) atoms. The zero-order chi connectivity index (χ0) is 22.1. The first-order chi connectivity index (χ1) is 15.6. The Morgan fingerprint density at radius 3 is 2.78 bits per heavy atom. The van der Waals surface area contributed by atoms with Gasteiger partial charge in [-0.1, -0.05) is 53.6 Å². The van der Waals surface area contributed by atoms with Crippen LogP contribution in [0, 0.1) is 24.7 Å². The molecule has 1 amide bonds. The first-order valence-corrected chi connectivity index (χ1v) is 10.9. The predicted octanol–water partition coefficient (Wildman–Crippen LogP) is 6.04. The fraction of sp³-hybridized carbons (Fsp3) is 0.259. The maximum atomic E-state index is 12.4. The largest absolute Gasteiger partial charge is 0.441 e. The van der Waals surface area contributed by atoms with Crippen LogP contribution >= 0.6 is 0 Å². The number of rotatable bonds is 4. The Labute approximate surface area is 187 Å². The zero-order valence-electron chi connectivity index (χ0n) is 18.1. The number of aromatic nitrogens is 1. The monoisotopic (exact) mass is 424 g/mol. The molecule has 1 saturated carbocycles. The molecule has 1 fully saturated rings. The molecular formula is C27H24N2O3. The van der Waals surface area contributed by atoms with Crippen molar-refractivity contribution in [2.24, 2.45) is 5.92 Å². The summed E-state index contributed by atoms with van der Waals surface area (Å²) in [6.07, 6.45) is 4.97. The molecule has 160 valence electrons. The van der Waals surface area contributed by atoms with E-state index >= 15 is 0 Å². The van der Waals surface area contributed by atoms with Crippen LogP contribution in [0.3, 0.4) is 0 Å². The molecule has 2 aliphatic rings. The topological polar surface area (TPSA) is 64.4 Å². The minimum Gasteiger partial charge on any atom is -0.441 e. The van der Waals surface area contributed by atoms with E-state index < -0.39 is 6.09 Å². The van der Waals surface area contributed by atoms with E-state index in [2.05, 4.69) is 40.5 Å². The molecule has 1 atom stereocenters. The summed E-state index contributed by atoms with van der Waals surface area (Å²) in [5.41, 5.74) is 7.00. The molecule has 0 aliphatic heterocycles. The Kier molecular flexibility index (Phi) is 5.28. The average molecular weight is 425 g/mol. The molecule has 2 aromatic carbocycles. The van der Waals surface area contributed by atoms with Crippen molar-refractivity contribution in [3.05, 3.63) is 88.3 Å². The normalized spacial score (nSPS) is 15.2. The van der Waals surface area contributed by atoms with Gasteiger partial charge < -0.3 is 9.26 Å². The van der Waals surface area contributed by atoms with E-state index in [0.29, 0.717) is 17.1 Å². The second-order valence-corrected chi connectivity index (χ2v) is 8.32. The van der Waals surface area contributed by atoms with Crippen LogP contribution in [0.4, 0.5) is 10.5 Å². The minimum atomic E-state index is -0.577. The highest BCUT2D eigenvalue weighted by atomic mass is 16.6. The Bertz CT molecular complexity index is 1260. The van der Waals surface area contributed by atoms with Gasteiger partial charge in [0.25, 0.3) is 0 Å². The van der Waals surface area contributed by atoms with Gasteiger partial charge in [-0.3, -0.25) is 5.32 Å². The number of nitrogens with zero attached hydrogens (tertiary/aromatic N) is 1. The number of ether oxygens (including phenoxy) is 1. The first kappa shape index (κ1) is 20.1. The van der Waals surface area contributed by atoms with Crippen LogP contribution in [0.25, 0.3) is 5.57 Å². The standard InChI is InChI=1S/C27H24N2O3/c1-17-26(28-27(30)31-18(2)20-6-4-3-5-7-20)25(32-29-17)15-9-19-8-13-24-22(16-19)12-14-23(24)21-10-11-21/h3-8,13-14,16,18,21H,10-12H2,1-2H3,(H,28,30). The zero-order valence-corrected chi connectivity index (χ0v) is 18.1. The lowest BCUT2D eigenvalue weighted by Gasteiger charge is -2.13. The SMILES string of the molecule is Cc1noc(C#Cc2ccc3c(c2)CC=C3C2CC2)c1NC(=O)OC(C)c1ccccc1. The quantitative estimate of drug-likeness (QED) is 0.519. The van der Waals surface area contributed by atoms with Gasteiger partial charge in [0.05, 0.1) is 0 Å². The van der Waals surface area contributed by atoms with E-state index in [-0.39, 0.29) is 6.10 Å². The molecule has 1 unspecified atom stereocenters. The number of allylic oxidation sites excluding steroid dienone is 2. The molecule has 3 aromatic rings. The fourth-order valence-electron chi connectivity index (χ4n) is 4.05. The summed E-state index contributed by atoms with van der Waals surface area (Å²) >= 11 is 0. The Morgan fingerprint density at radius 2 is 2.00 bits per heavy atom. The van der Waals surface area contributed by atoms with Crippen molar-refractivity contribution >= 4 is 17.4 Å². The number of anilines is 1. The second-order valence-electron chi connectivity index (χ2n) is 8.32. The van der Waals surface area contributed by atoms with Crippen molar-refractivity contribution in [2.45, 2.75) is 39.2 Å². The number of hydrogen-bond acceptors (Lipinski definition) is 4. The molecule has 0 radical (unpaired) electrons. The highest BCUT2D eigenvalue weighted by Gasteiger charge is 2.30. The molecule has 1 N–H and O–H groups in total. The lowest BCUT2D eigenvalue weighted by Crippen LogP contribution is -2.16. The molecular weight excluding hydrogens is 400 g/mol. The van der Waals surface area contributed by atoms with Crippen molar-refractivity contribution in [3.63, 3.8) is 0 Å². The third-order valence-corrected chi connectivity index (χ3v) is 5.94. The number of amides is 1. The van der Waals surface area contributed by atoms with Crippen LogP contribution in [0.15, 0.2) is 59.1 Å². The maximum Gasteiger partial charge on any atom is 0.412 e. The third kappa shape index (κ3) is 4.17. The van der Waals surface area contributed by atoms with Crippen molar-refractivity contribution in [3.8, 4) is 11.8 Å². The van der Waals surface area contributed by atoms with Crippen molar-refractivity contribution < 1.29 is 14.1 Å². The number of aryl methyl sites for hydroxylation is 1. The lowest BCUT2D eigenvalue weighted by atomic mass is 10.0. The summed E-state index contributed by atoms with van der Waals surface area (Å²) in [6, 6.07) is 15.9. The third-order valence-electron chi connectivity index (χ3n) is 5.94. The van der Waals surface area contributed by atoms with E-state index in [9.17, 15) is 4.79 Å². The summed E-state index contributed by atoms with van der Waals surface area (Å²) in [6.45, 7) is 3.58. The lowest BCUT2D eigenvalue weighted by molar-refractivity contribution is 0.121. The molecule has 1 aromatic heterocycles. The number of fused-ring (bicyclic) bond motifs is 1. The van der Waals surface area contributed by atoms with Gasteiger partial charge in [0.15, 0.2) is 0 Å². The minimum absolute atomic E-state index is 0.309. The Hall–Kier alpha value is -3.78. The number of carbonyl (C=O) groups is 1. The van der Waals surface area contributed by atoms with Gasteiger partial charge in [0.2, 0.25) is 5.76 Å². The van der Waals surface area contributed by atoms with Gasteiger partial charge in [-0.25, -0.2) is 4.79 Å². The Morgan fingerprint density at radius 1 is 1.19 bits per heavy atom. The molecule has 1 heterocycles. The van der Waals surface area contributed by atoms with Gasteiger partial charge >= 0.3 is 6.09 Å². The van der Waals surface area contributed by atoms with Crippen molar-refractivity contribution in [1.29, 1.82) is 0 Å². The van der Waals surface area contributed by atoms with Gasteiger partial charge in [-0.05, 0) is 79.3 Å². The van der Waals surface area contributed by atoms with Gasteiger partial charge in [-0.15, -0.1) is 0 Å². The molecule has 2 aliphatic carbocycles. The van der Waals surface area contributed by atoms with Crippen LogP contribution < -0.4 is 5.32 Å². The van der Waals surface area contributed by atoms with Crippen LogP contribution in [-0.2, 0) is 11.2 Å². The smallest absolute Gasteiger partial charge is 0.412 e. The summed E-state index contributed by atoms with van der Waals surface area (Å²) in [7, 11) is 0.